The van der Waals surface area contributed by atoms with Crippen molar-refractivity contribution in [3.63, 3.8) is 0 Å². The Morgan fingerprint density at radius 2 is 1.78 bits per heavy atom. The number of hydrogen-bond donors (Lipinski definition) is 2. The van der Waals surface area contributed by atoms with E-state index in [1.807, 2.05) is 18.2 Å². The number of rotatable bonds is 5. The summed E-state index contributed by atoms with van der Waals surface area (Å²) in [5.41, 5.74) is -1.93. The number of benzene rings is 1. The molecule has 3 rings (SSSR count). The molecule has 0 bridgehead atoms. The molecule has 0 fully saturated rings. The van der Waals surface area contributed by atoms with Crippen LogP contribution in [0.3, 0.4) is 0 Å². The fourth-order valence-corrected chi connectivity index (χ4v) is 2.84. The van der Waals surface area contributed by atoms with Gasteiger partial charge in [0, 0.05) is 17.8 Å². The molecule has 2 N–H and O–H groups in total. The zero-order valence-corrected chi connectivity index (χ0v) is 16.0. The van der Waals surface area contributed by atoms with Crippen LogP contribution in [0.25, 0.3) is 10.8 Å². The molecule has 2 heterocycles. The first-order chi connectivity index (χ1) is 12.6. The highest BCUT2D eigenvalue weighted by atomic mass is 19.1. The minimum Gasteiger partial charge on any atom is -0.496 e. The summed E-state index contributed by atoms with van der Waals surface area (Å²) >= 11 is 0. The van der Waals surface area contributed by atoms with Gasteiger partial charge < -0.3 is 15.2 Å². The van der Waals surface area contributed by atoms with Crippen molar-refractivity contribution in [1.82, 2.24) is 15.0 Å². The molecule has 2 aromatic heterocycles. The van der Waals surface area contributed by atoms with Gasteiger partial charge in [0.2, 0.25) is 0 Å². The van der Waals surface area contributed by atoms with Crippen molar-refractivity contribution in [2.75, 3.05) is 12.4 Å². The van der Waals surface area contributed by atoms with E-state index in [-0.39, 0.29) is 5.82 Å². The van der Waals surface area contributed by atoms with E-state index in [0.29, 0.717) is 17.4 Å². The summed E-state index contributed by atoms with van der Waals surface area (Å²) in [5, 5.41) is 15.2. The number of halogens is 1. The summed E-state index contributed by atoms with van der Waals surface area (Å²) in [5.74, 6) is 1.71. The number of nitrogens with one attached hydrogen (secondary N) is 1. The minimum atomic E-state index is -1.64. The molecule has 27 heavy (non-hydrogen) atoms. The van der Waals surface area contributed by atoms with Gasteiger partial charge in [-0.25, -0.2) is 19.3 Å². The first kappa shape index (κ1) is 19.0. The Balaban J connectivity index is 2.06. The summed E-state index contributed by atoms with van der Waals surface area (Å²) in [4.78, 5) is 12.6. The lowest BCUT2D eigenvalue weighted by atomic mass is 9.93. The quantitative estimate of drug-likeness (QED) is 0.700. The van der Waals surface area contributed by atoms with Gasteiger partial charge in [-0.2, -0.15) is 0 Å². The molecular formula is C20H23FN4O2. The maximum absolute atomic E-state index is 14.1. The molecule has 0 aliphatic heterocycles. The summed E-state index contributed by atoms with van der Waals surface area (Å²) in [6.45, 7) is 6.26. The first-order valence-corrected chi connectivity index (χ1v) is 8.58. The molecule has 0 saturated heterocycles. The van der Waals surface area contributed by atoms with Gasteiger partial charge in [-0.05, 0) is 56.8 Å². The summed E-state index contributed by atoms with van der Waals surface area (Å²) in [6.07, 6.45) is 3.17. The van der Waals surface area contributed by atoms with Gasteiger partial charge in [0.25, 0.3) is 0 Å². The molecular weight excluding hydrogens is 347 g/mol. The van der Waals surface area contributed by atoms with Crippen molar-refractivity contribution in [3.05, 3.63) is 48.0 Å². The Morgan fingerprint density at radius 1 is 1.04 bits per heavy atom. The van der Waals surface area contributed by atoms with Crippen LogP contribution in [0.5, 0.6) is 5.75 Å². The highest BCUT2D eigenvalue weighted by Gasteiger charge is 2.23. The van der Waals surface area contributed by atoms with Gasteiger partial charge >= 0.3 is 0 Å². The third kappa shape index (κ3) is 3.98. The number of nitrogens with zero attached hydrogens (tertiary/aromatic N) is 3. The standard InChI is InChI=1S/C20H23FN4O2/c1-19(2,21)18-22-9-8-16(25-18)24-17-10-12-13(11-23-17)15(27-5)7-6-14(12)20(3,4)26/h6-11,26H,1-5H3,(H,22,23,24,25). The number of aliphatic hydroxyl groups is 1. The van der Waals surface area contributed by atoms with Gasteiger partial charge in [-0.3, -0.25) is 0 Å². The van der Waals surface area contributed by atoms with Crippen LogP contribution < -0.4 is 10.1 Å². The van der Waals surface area contributed by atoms with Crippen LogP contribution >= 0.6 is 0 Å². The van der Waals surface area contributed by atoms with Crippen LogP contribution in [0.15, 0.2) is 36.7 Å². The highest BCUT2D eigenvalue weighted by Crippen LogP contribution is 2.35. The molecule has 3 aromatic rings. The smallest absolute Gasteiger partial charge is 0.167 e. The first-order valence-electron chi connectivity index (χ1n) is 8.58. The van der Waals surface area contributed by atoms with Crippen molar-refractivity contribution >= 4 is 22.4 Å². The second-order valence-electron chi connectivity index (χ2n) is 7.35. The number of anilines is 2. The Labute approximate surface area is 157 Å². The third-order valence-electron chi connectivity index (χ3n) is 4.18. The molecule has 0 saturated carbocycles. The molecule has 0 radical (unpaired) electrons. The third-order valence-corrected chi connectivity index (χ3v) is 4.18. The van der Waals surface area contributed by atoms with E-state index in [2.05, 4.69) is 20.3 Å². The number of hydrogen-bond acceptors (Lipinski definition) is 6. The highest BCUT2D eigenvalue weighted by molar-refractivity contribution is 5.93. The zero-order chi connectivity index (χ0) is 19.8. The summed E-state index contributed by atoms with van der Waals surface area (Å²) in [6, 6.07) is 7.10. The van der Waals surface area contributed by atoms with E-state index in [1.165, 1.54) is 20.0 Å². The van der Waals surface area contributed by atoms with Crippen LogP contribution in [-0.4, -0.2) is 27.2 Å². The predicted molar refractivity (Wildman–Crippen MR) is 103 cm³/mol. The van der Waals surface area contributed by atoms with Gasteiger partial charge in [0.1, 0.15) is 17.4 Å². The largest absolute Gasteiger partial charge is 0.496 e. The number of aromatic nitrogens is 3. The van der Waals surface area contributed by atoms with Crippen LogP contribution in [-0.2, 0) is 11.3 Å². The number of alkyl halides is 1. The Bertz CT molecular complexity index is 978. The van der Waals surface area contributed by atoms with Crippen molar-refractivity contribution in [2.45, 2.75) is 39.0 Å². The van der Waals surface area contributed by atoms with Crippen molar-refractivity contribution in [2.24, 2.45) is 0 Å². The van der Waals surface area contributed by atoms with E-state index in [0.717, 1.165) is 16.3 Å². The molecule has 0 unspecified atom stereocenters. The minimum absolute atomic E-state index is 0.0899. The molecule has 7 heteroatoms. The molecule has 0 atom stereocenters. The molecule has 0 spiro atoms. The van der Waals surface area contributed by atoms with E-state index >= 15 is 0 Å². The zero-order valence-electron chi connectivity index (χ0n) is 16.0. The van der Waals surface area contributed by atoms with E-state index < -0.39 is 11.3 Å². The molecule has 0 aliphatic rings. The van der Waals surface area contributed by atoms with Gasteiger partial charge in [-0.1, -0.05) is 6.07 Å². The van der Waals surface area contributed by atoms with E-state index in [9.17, 15) is 9.50 Å². The van der Waals surface area contributed by atoms with Gasteiger partial charge in [0.05, 0.1) is 12.7 Å². The van der Waals surface area contributed by atoms with Crippen LogP contribution in [0.4, 0.5) is 16.0 Å². The van der Waals surface area contributed by atoms with Crippen LogP contribution in [0.2, 0.25) is 0 Å². The number of methoxy groups -OCH3 is 1. The molecule has 142 valence electrons. The van der Waals surface area contributed by atoms with E-state index in [4.69, 9.17) is 4.74 Å². The fraction of sp³-hybridized carbons (Fsp3) is 0.350. The number of ether oxygens (including phenoxy) is 1. The predicted octanol–water partition coefficient (Wildman–Crippen LogP) is 4.21. The average Bonchev–Trinajstić information content (AvgIpc) is 2.59. The van der Waals surface area contributed by atoms with Gasteiger partial charge in [0.15, 0.2) is 11.5 Å². The van der Waals surface area contributed by atoms with Crippen molar-refractivity contribution in [3.8, 4) is 5.75 Å². The number of pyridine rings is 1. The van der Waals surface area contributed by atoms with Crippen molar-refractivity contribution in [1.29, 1.82) is 0 Å². The molecule has 0 aliphatic carbocycles. The molecule has 0 amide bonds. The molecule has 1 aromatic carbocycles. The lowest BCUT2D eigenvalue weighted by Crippen LogP contribution is -2.16. The van der Waals surface area contributed by atoms with E-state index in [1.54, 1.807) is 33.2 Å². The lowest BCUT2D eigenvalue weighted by molar-refractivity contribution is 0.0802. The molecule has 6 nitrogen and oxygen atoms in total. The summed E-state index contributed by atoms with van der Waals surface area (Å²) < 4.78 is 19.5. The Hall–Kier alpha value is -2.80. The van der Waals surface area contributed by atoms with Crippen molar-refractivity contribution < 1.29 is 14.2 Å². The Morgan fingerprint density at radius 3 is 2.41 bits per heavy atom. The number of fused-ring (bicyclic) bond motifs is 1. The summed E-state index contributed by atoms with van der Waals surface area (Å²) in [7, 11) is 1.59. The maximum Gasteiger partial charge on any atom is 0.167 e. The normalized spacial score (nSPS) is 12.3. The van der Waals surface area contributed by atoms with Gasteiger partial charge in [-0.15, -0.1) is 0 Å². The SMILES string of the molecule is COc1ccc(C(C)(C)O)c2cc(Nc3ccnc(C(C)(C)F)n3)ncc12. The lowest BCUT2D eigenvalue weighted by Gasteiger charge is -2.21. The van der Waals surface area contributed by atoms with Crippen LogP contribution in [0, 0.1) is 0 Å². The second kappa shape index (κ2) is 6.74. The second-order valence-corrected chi connectivity index (χ2v) is 7.35. The maximum atomic E-state index is 14.1. The Kier molecular flexibility index (Phi) is 4.73. The fourth-order valence-electron chi connectivity index (χ4n) is 2.84. The van der Waals surface area contributed by atoms with Crippen LogP contribution in [0.1, 0.15) is 39.1 Å². The monoisotopic (exact) mass is 370 g/mol. The topological polar surface area (TPSA) is 80.2 Å². The average molecular weight is 370 g/mol.